The number of carbonyl (C=O) groups excluding carboxylic acids is 2. The van der Waals surface area contributed by atoms with Gasteiger partial charge in [-0.05, 0) is 36.6 Å². The van der Waals surface area contributed by atoms with E-state index >= 15 is 0 Å². The summed E-state index contributed by atoms with van der Waals surface area (Å²) in [5, 5.41) is 5.80. The lowest BCUT2D eigenvalue weighted by atomic mass is 10.1. The molecule has 1 aromatic heterocycles. The number of para-hydroxylation sites is 1. The van der Waals surface area contributed by atoms with Gasteiger partial charge in [0.2, 0.25) is 0 Å². The normalized spacial score (nSPS) is 12.2. The molecule has 1 heterocycles. The second-order valence-corrected chi connectivity index (χ2v) is 6.86. The number of ether oxygens (including phenoxy) is 1. The first-order chi connectivity index (χ1) is 14.6. The van der Waals surface area contributed by atoms with Gasteiger partial charge in [0.1, 0.15) is 0 Å². The van der Waals surface area contributed by atoms with Crippen LogP contribution in [-0.4, -0.2) is 23.0 Å². The Morgan fingerprint density at radius 3 is 2.50 bits per heavy atom. The van der Waals surface area contributed by atoms with E-state index in [1.54, 1.807) is 13.0 Å². The maximum atomic E-state index is 12.5. The van der Waals surface area contributed by atoms with Gasteiger partial charge in [-0.2, -0.15) is 0 Å². The van der Waals surface area contributed by atoms with Gasteiger partial charge >= 0.3 is 5.97 Å². The smallest absolute Gasteiger partial charge is 0.331 e. The topological polar surface area (TPSA) is 68.3 Å². The highest BCUT2D eigenvalue weighted by molar-refractivity contribution is 6.04. The zero-order valence-corrected chi connectivity index (χ0v) is 16.4. The van der Waals surface area contributed by atoms with Crippen LogP contribution in [0.5, 0.6) is 0 Å². The summed E-state index contributed by atoms with van der Waals surface area (Å²) in [4.78, 5) is 29.1. The van der Waals surface area contributed by atoms with Crippen LogP contribution in [0.1, 0.15) is 12.6 Å². The Bertz CT molecular complexity index is 1260. The SMILES string of the molecule is CC(OC(=O)/C=C/c1ccc2ccccc2n1)C(=O)Nc1cccc2ccccc12. The lowest BCUT2D eigenvalue weighted by molar-refractivity contribution is -0.148. The molecule has 5 nitrogen and oxygen atoms in total. The Hall–Kier alpha value is -3.99. The van der Waals surface area contributed by atoms with Gasteiger partial charge in [-0.1, -0.05) is 60.7 Å². The van der Waals surface area contributed by atoms with Crippen molar-refractivity contribution < 1.29 is 14.3 Å². The van der Waals surface area contributed by atoms with Crippen LogP contribution in [0.4, 0.5) is 5.69 Å². The van der Waals surface area contributed by atoms with Crippen LogP contribution in [0.2, 0.25) is 0 Å². The second kappa shape index (κ2) is 8.57. The number of benzene rings is 3. The molecule has 5 heteroatoms. The van der Waals surface area contributed by atoms with Crippen molar-refractivity contribution in [3.63, 3.8) is 0 Å². The molecule has 4 rings (SSSR count). The molecule has 148 valence electrons. The summed E-state index contributed by atoms with van der Waals surface area (Å²) < 4.78 is 5.24. The fourth-order valence-electron chi connectivity index (χ4n) is 3.16. The minimum absolute atomic E-state index is 0.392. The molecule has 0 saturated carbocycles. The molecular weight excluding hydrogens is 376 g/mol. The summed E-state index contributed by atoms with van der Waals surface area (Å²) in [6.07, 6.45) is 1.91. The molecule has 1 atom stereocenters. The van der Waals surface area contributed by atoms with E-state index in [0.717, 1.165) is 21.7 Å². The van der Waals surface area contributed by atoms with E-state index < -0.39 is 18.0 Å². The van der Waals surface area contributed by atoms with Crippen molar-refractivity contribution in [2.75, 3.05) is 5.32 Å². The molecule has 0 aliphatic carbocycles. The second-order valence-electron chi connectivity index (χ2n) is 6.86. The fourth-order valence-corrected chi connectivity index (χ4v) is 3.16. The third-order valence-electron chi connectivity index (χ3n) is 4.72. The Kier molecular flexibility index (Phi) is 5.52. The molecule has 1 amide bonds. The number of aromatic nitrogens is 1. The molecule has 30 heavy (non-hydrogen) atoms. The first-order valence-electron chi connectivity index (χ1n) is 9.63. The van der Waals surface area contributed by atoms with Gasteiger partial charge < -0.3 is 10.1 Å². The average molecular weight is 396 g/mol. The van der Waals surface area contributed by atoms with Gasteiger partial charge in [-0.3, -0.25) is 4.79 Å². The minimum Gasteiger partial charge on any atom is -0.449 e. The third kappa shape index (κ3) is 4.36. The van der Waals surface area contributed by atoms with E-state index in [1.165, 1.54) is 6.08 Å². The van der Waals surface area contributed by atoms with Crippen molar-refractivity contribution in [2.24, 2.45) is 0 Å². The molecular formula is C25H20N2O3. The van der Waals surface area contributed by atoms with Crippen LogP contribution in [0.3, 0.4) is 0 Å². The summed E-state index contributed by atoms with van der Waals surface area (Å²) in [7, 11) is 0. The van der Waals surface area contributed by atoms with Gasteiger partial charge in [0.15, 0.2) is 6.10 Å². The fraction of sp³-hybridized carbons (Fsp3) is 0.0800. The molecule has 0 radical (unpaired) electrons. The zero-order chi connectivity index (χ0) is 20.9. The van der Waals surface area contributed by atoms with Crippen molar-refractivity contribution in [1.29, 1.82) is 0 Å². The summed E-state index contributed by atoms with van der Waals surface area (Å²) in [6.45, 7) is 1.54. The van der Waals surface area contributed by atoms with E-state index in [-0.39, 0.29) is 0 Å². The molecule has 0 fully saturated rings. The van der Waals surface area contributed by atoms with E-state index in [2.05, 4.69) is 10.3 Å². The van der Waals surface area contributed by atoms with E-state index in [9.17, 15) is 9.59 Å². The lowest BCUT2D eigenvalue weighted by Gasteiger charge is -2.13. The number of anilines is 1. The maximum absolute atomic E-state index is 12.5. The van der Waals surface area contributed by atoms with Gasteiger partial charge in [0.25, 0.3) is 5.91 Å². The zero-order valence-electron chi connectivity index (χ0n) is 16.4. The number of fused-ring (bicyclic) bond motifs is 2. The summed E-state index contributed by atoms with van der Waals surface area (Å²) in [6, 6.07) is 24.9. The number of nitrogens with one attached hydrogen (secondary N) is 1. The van der Waals surface area contributed by atoms with Crippen LogP contribution in [0.25, 0.3) is 27.8 Å². The van der Waals surface area contributed by atoms with Crippen LogP contribution in [0.15, 0.2) is 84.9 Å². The van der Waals surface area contributed by atoms with Gasteiger partial charge in [0.05, 0.1) is 11.2 Å². The number of carbonyl (C=O) groups is 2. The van der Waals surface area contributed by atoms with E-state index in [0.29, 0.717) is 11.4 Å². The van der Waals surface area contributed by atoms with E-state index in [1.807, 2.05) is 78.9 Å². The quantitative estimate of drug-likeness (QED) is 0.382. The summed E-state index contributed by atoms with van der Waals surface area (Å²) in [5.41, 5.74) is 2.16. The molecule has 1 N–H and O–H groups in total. The first-order valence-corrected chi connectivity index (χ1v) is 9.63. The Balaban J connectivity index is 1.39. The molecule has 0 bridgehead atoms. The highest BCUT2D eigenvalue weighted by Gasteiger charge is 2.17. The number of hydrogen-bond acceptors (Lipinski definition) is 4. The average Bonchev–Trinajstić information content (AvgIpc) is 2.77. The van der Waals surface area contributed by atoms with Crippen LogP contribution in [0, 0.1) is 0 Å². The van der Waals surface area contributed by atoms with Gasteiger partial charge in [-0.25, -0.2) is 9.78 Å². The number of nitrogens with zero attached hydrogens (tertiary/aromatic N) is 1. The number of hydrogen-bond donors (Lipinski definition) is 1. The molecule has 0 aliphatic heterocycles. The van der Waals surface area contributed by atoms with Crippen molar-refractivity contribution in [2.45, 2.75) is 13.0 Å². The van der Waals surface area contributed by atoms with E-state index in [4.69, 9.17) is 4.74 Å². The molecule has 0 aliphatic rings. The number of esters is 1. The molecule has 4 aromatic rings. The number of rotatable bonds is 5. The monoisotopic (exact) mass is 396 g/mol. The van der Waals surface area contributed by atoms with Crippen molar-refractivity contribution in [1.82, 2.24) is 4.98 Å². The largest absolute Gasteiger partial charge is 0.449 e. The number of pyridine rings is 1. The maximum Gasteiger partial charge on any atom is 0.331 e. The minimum atomic E-state index is -0.939. The predicted molar refractivity (Wildman–Crippen MR) is 119 cm³/mol. The van der Waals surface area contributed by atoms with Gasteiger partial charge in [0, 0.05) is 22.5 Å². The molecule has 0 spiro atoms. The third-order valence-corrected chi connectivity index (χ3v) is 4.72. The highest BCUT2D eigenvalue weighted by Crippen LogP contribution is 2.23. The number of amides is 1. The van der Waals surface area contributed by atoms with Crippen molar-refractivity contribution in [3.8, 4) is 0 Å². The van der Waals surface area contributed by atoms with Crippen LogP contribution < -0.4 is 5.32 Å². The van der Waals surface area contributed by atoms with Gasteiger partial charge in [-0.15, -0.1) is 0 Å². The van der Waals surface area contributed by atoms with Crippen molar-refractivity contribution in [3.05, 3.63) is 90.6 Å². The summed E-state index contributed by atoms with van der Waals surface area (Å²) in [5.74, 6) is -0.998. The standard InChI is InChI=1S/C25H20N2O3/c1-17(25(29)27-23-12-6-9-18-7-2-4-10-21(18)23)30-24(28)16-15-20-14-13-19-8-3-5-11-22(19)26-20/h2-17H,1H3,(H,27,29)/b16-15+. The molecule has 0 saturated heterocycles. The molecule has 1 unspecified atom stereocenters. The highest BCUT2D eigenvalue weighted by atomic mass is 16.5. The van der Waals surface area contributed by atoms with Crippen LogP contribution >= 0.6 is 0 Å². The first kappa shape index (κ1) is 19.3. The predicted octanol–water partition coefficient (Wildman–Crippen LogP) is 4.97. The molecule has 3 aromatic carbocycles. The van der Waals surface area contributed by atoms with Crippen LogP contribution in [-0.2, 0) is 14.3 Å². The lowest BCUT2D eigenvalue weighted by Crippen LogP contribution is -2.29. The summed E-state index contributed by atoms with van der Waals surface area (Å²) >= 11 is 0. The van der Waals surface area contributed by atoms with Crippen molar-refractivity contribution >= 4 is 45.3 Å². The Morgan fingerprint density at radius 2 is 1.63 bits per heavy atom. The Labute approximate surface area is 174 Å². The Morgan fingerprint density at radius 1 is 0.900 bits per heavy atom.